The first-order valence-corrected chi connectivity index (χ1v) is 10.7. The summed E-state index contributed by atoms with van der Waals surface area (Å²) in [5.41, 5.74) is 3.11. The number of hydrogen-bond donors (Lipinski definition) is 0. The molecule has 0 atom stereocenters. The number of allylic oxidation sites excluding steroid dienone is 1. The molecule has 156 valence electrons. The van der Waals surface area contributed by atoms with Crippen molar-refractivity contribution in [3.63, 3.8) is 0 Å². The molecule has 0 saturated carbocycles. The van der Waals surface area contributed by atoms with E-state index < -0.39 is 0 Å². The third kappa shape index (κ3) is 4.44. The van der Waals surface area contributed by atoms with Gasteiger partial charge in [-0.15, -0.1) is 23.0 Å². The highest BCUT2D eigenvalue weighted by molar-refractivity contribution is 7.07. The number of benzene rings is 3. The lowest BCUT2D eigenvalue weighted by atomic mass is 10.1. The molecule has 31 heavy (non-hydrogen) atoms. The van der Waals surface area contributed by atoms with Crippen molar-refractivity contribution < 1.29 is 9.47 Å². The van der Waals surface area contributed by atoms with Crippen LogP contribution < -0.4 is 14.3 Å². The van der Waals surface area contributed by atoms with Crippen LogP contribution in [0.1, 0.15) is 5.56 Å². The maximum atomic E-state index is 5.34. The fraction of sp³-hybridized carbons (Fsp3) is 0.120. The molecule has 3 aromatic carbocycles. The lowest BCUT2D eigenvalue weighted by Crippen LogP contribution is -2.14. The number of ether oxygens (including phenoxy) is 2. The van der Waals surface area contributed by atoms with Crippen molar-refractivity contribution in [3.8, 4) is 22.8 Å². The molecule has 0 aliphatic carbocycles. The van der Waals surface area contributed by atoms with Gasteiger partial charge in [0.25, 0.3) is 0 Å². The number of nitrogens with zero attached hydrogens (tertiary/aromatic N) is 3. The van der Waals surface area contributed by atoms with Gasteiger partial charge in [0.15, 0.2) is 11.5 Å². The molecule has 1 heterocycles. The zero-order chi connectivity index (χ0) is 21.6. The Kier molecular flexibility index (Phi) is 6.29. The molecule has 0 saturated heterocycles. The third-order valence-electron chi connectivity index (χ3n) is 4.91. The molecule has 0 fully saturated rings. The Bertz CT molecular complexity index is 1320. The van der Waals surface area contributed by atoms with Gasteiger partial charge in [0.1, 0.15) is 0 Å². The van der Waals surface area contributed by atoms with E-state index in [0.717, 1.165) is 21.6 Å². The number of rotatable bonds is 7. The van der Waals surface area contributed by atoms with Crippen molar-refractivity contribution in [1.29, 1.82) is 0 Å². The maximum Gasteiger partial charge on any atom is 0.211 e. The molecule has 0 aliphatic heterocycles. The summed E-state index contributed by atoms with van der Waals surface area (Å²) in [7, 11) is 3.23. The fourth-order valence-corrected chi connectivity index (χ4v) is 4.25. The molecular weight excluding hydrogens is 406 g/mol. The minimum absolute atomic E-state index is 0.649. The van der Waals surface area contributed by atoms with E-state index >= 15 is 0 Å². The molecule has 5 nitrogen and oxygen atoms in total. The van der Waals surface area contributed by atoms with E-state index in [0.29, 0.717) is 18.0 Å². The minimum atomic E-state index is 0.649. The first-order chi connectivity index (χ1) is 15.2. The average Bonchev–Trinajstić information content (AvgIpc) is 3.21. The molecule has 6 heteroatoms. The second-order valence-electron chi connectivity index (χ2n) is 6.82. The van der Waals surface area contributed by atoms with E-state index in [1.807, 2.05) is 24.3 Å². The Balaban J connectivity index is 1.69. The molecule has 0 spiro atoms. The molecule has 0 N–H and O–H groups in total. The van der Waals surface area contributed by atoms with Crippen molar-refractivity contribution in [2.45, 2.75) is 6.54 Å². The Labute approximate surface area is 185 Å². The van der Waals surface area contributed by atoms with Crippen LogP contribution in [0, 0.1) is 0 Å². The first kappa shape index (κ1) is 20.6. The summed E-state index contributed by atoms with van der Waals surface area (Å²) >= 11 is 1.56. The van der Waals surface area contributed by atoms with Crippen molar-refractivity contribution in [3.05, 3.63) is 89.1 Å². The van der Waals surface area contributed by atoms with Crippen LogP contribution >= 0.6 is 11.3 Å². The van der Waals surface area contributed by atoms with Gasteiger partial charge in [0.2, 0.25) is 4.80 Å². The van der Waals surface area contributed by atoms with Crippen molar-refractivity contribution in [2.24, 2.45) is 10.2 Å². The highest BCUT2D eigenvalue weighted by Crippen LogP contribution is 2.27. The van der Waals surface area contributed by atoms with Crippen LogP contribution in [0.2, 0.25) is 0 Å². The number of thiazole rings is 1. The molecule has 4 aromatic rings. The summed E-state index contributed by atoms with van der Waals surface area (Å²) in [6.45, 7) is 4.55. The molecule has 0 unspecified atom stereocenters. The van der Waals surface area contributed by atoms with E-state index in [2.05, 4.69) is 69.2 Å². The highest BCUT2D eigenvalue weighted by atomic mass is 32.1. The van der Waals surface area contributed by atoms with Crippen LogP contribution in [-0.2, 0) is 6.54 Å². The van der Waals surface area contributed by atoms with Crippen LogP contribution in [0.4, 0.5) is 0 Å². The molecule has 0 aliphatic rings. The van der Waals surface area contributed by atoms with Gasteiger partial charge in [-0.1, -0.05) is 42.5 Å². The lowest BCUT2D eigenvalue weighted by molar-refractivity contribution is 0.355. The number of methoxy groups -OCH3 is 2. The molecular formula is C25H23N3O2S. The fourth-order valence-electron chi connectivity index (χ4n) is 3.37. The summed E-state index contributed by atoms with van der Waals surface area (Å²) in [5, 5.41) is 13.3. The Morgan fingerprint density at radius 3 is 2.55 bits per heavy atom. The zero-order valence-electron chi connectivity index (χ0n) is 17.5. The Hall–Kier alpha value is -3.64. The van der Waals surface area contributed by atoms with E-state index in [4.69, 9.17) is 9.47 Å². The standard InChI is InChI=1S/C25H23N3O2S/c1-4-13-28-22(21-11-10-19-7-5-6-8-20(19)15-21)17-31-25(28)27-26-16-18-9-12-23(29-2)24(14-18)30-3/h4-12,14-17H,1,13H2,2-3H3/b26-16-,27-25-. The van der Waals surface area contributed by atoms with Gasteiger partial charge in [-0.2, -0.15) is 5.10 Å². The lowest BCUT2D eigenvalue weighted by Gasteiger charge is -2.07. The summed E-state index contributed by atoms with van der Waals surface area (Å²) in [6, 6.07) is 20.5. The van der Waals surface area contributed by atoms with Gasteiger partial charge < -0.3 is 14.0 Å². The SMILES string of the molecule is C=CCn1c(-c2ccc3ccccc3c2)cs/c1=N\N=C/c1ccc(OC)c(OC)c1. The van der Waals surface area contributed by atoms with Crippen LogP contribution in [-0.4, -0.2) is 25.0 Å². The quantitative estimate of drug-likeness (QED) is 0.221. The zero-order valence-corrected chi connectivity index (χ0v) is 18.3. The first-order valence-electron chi connectivity index (χ1n) is 9.81. The minimum Gasteiger partial charge on any atom is -0.493 e. The molecule has 0 bridgehead atoms. The van der Waals surface area contributed by atoms with Crippen LogP contribution in [0.5, 0.6) is 11.5 Å². The Morgan fingerprint density at radius 1 is 0.968 bits per heavy atom. The smallest absolute Gasteiger partial charge is 0.211 e. The Morgan fingerprint density at radius 2 is 1.77 bits per heavy atom. The van der Waals surface area contributed by atoms with Gasteiger partial charge in [-0.3, -0.25) is 0 Å². The summed E-state index contributed by atoms with van der Waals surface area (Å²) in [5.74, 6) is 1.33. The number of aromatic nitrogens is 1. The van der Waals surface area contributed by atoms with E-state index in [9.17, 15) is 0 Å². The average molecular weight is 430 g/mol. The summed E-state index contributed by atoms with van der Waals surface area (Å²) in [6.07, 6.45) is 3.57. The largest absolute Gasteiger partial charge is 0.493 e. The molecule has 4 rings (SSSR count). The monoisotopic (exact) mass is 429 g/mol. The molecule has 0 radical (unpaired) electrons. The number of hydrogen-bond acceptors (Lipinski definition) is 5. The van der Waals surface area contributed by atoms with Gasteiger partial charge >= 0.3 is 0 Å². The van der Waals surface area contributed by atoms with Crippen molar-refractivity contribution in [2.75, 3.05) is 14.2 Å². The maximum absolute atomic E-state index is 5.34. The predicted molar refractivity (Wildman–Crippen MR) is 128 cm³/mol. The normalized spacial score (nSPS) is 11.9. The topological polar surface area (TPSA) is 48.1 Å². The second kappa shape index (κ2) is 9.45. The molecule has 1 aromatic heterocycles. The van der Waals surface area contributed by atoms with Crippen LogP contribution in [0.25, 0.3) is 22.0 Å². The summed E-state index contributed by atoms with van der Waals surface area (Å²) in [4.78, 5) is 0.805. The van der Waals surface area contributed by atoms with Crippen LogP contribution in [0.15, 0.2) is 88.9 Å². The van der Waals surface area contributed by atoms with Gasteiger partial charge in [0.05, 0.1) is 26.1 Å². The number of fused-ring (bicyclic) bond motifs is 1. The second-order valence-corrected chi connectivity index (χ2v) is 7.66. The van der Waals surface area contributed by atoms with Crippen LogP contribution in [0.3, 0.4) is 0 Å². The van der Waals surface area contributed by atoms with Gasteiger partial charge in [-0.25, -0.2) is 0 Å². The highest BCUT2D eigenvalue weighted by Gasteiger charge is 2.08. The molecule has 0 amide bonds. The van der Waals surface area contributed by atoms with Crippen molar-refractivity contribution in [1.82, 2.24) is 4.57 Å². The van der Waals surface area contributed by atoms with Gasteiger partial charge in [-0.05, 0) is 46.2 Å². The van der Waals surface area contributed by atoms with Crippen molar-refractivity contribution >= 4 is 28.3 Å². The van der Waals surface area contributed by atoms with E-state index in [-0.39, 0.29) is 0 Å². The summed E-state index contributed by atoms with van der Waals surface area (Å²) < 4.78 is 12.7. The predicted octanol–water partition coefficient (Wildman–Crippen LogP) is 5.51. The van der Waals surface area contributed by atoms with E-state index in [1.165, 1.54) is 10.8 Å². The third-order valence-corrected chi connectivity index (χ3v) is 5.77. The van der Waals surface area contributed by atoms with Gasteiger partial charge in [0, 0.05) is 11.9 Å². The van der Waals surface area contributed by atoms with E-state index in [1.54, 1.807) is 31.8 Å².